The van der Waals surface area contributed by atoms with Gasteiger partial charge in [-0.25, -0.2) is 16.8 Å². The van der Waals surface area contributed by atoms with Crippen LogP contribution in [0.3, 0.4) is 0 Å². The van der Waals surface area contributed by atoms with Crippen molar-refractivity contribution in [2.24, 2.45) is 11.5 Å². The molecule has 0 unspecified atom stereocenters. The van der Waals surface area contributed by atoms with Gasteiger partial charge in [-0.3, -0.25) is 9.59 Å². The Labute approximate surface area is 202 Å². The van der Waals surface area contributed by atoms with Crippen LogP contribution in [0.25, 0.3) is 0 Å². The first-order chi connectivity index (χ1) is 7.83. The van der Waals surface area contributed by atoms with Gasteiger partial charge in [0.15, 0.2) is 0 Å². The first-order valence-corrected chi connectivity index (χ1v) is 7.42. The standard InChI is InChI=1S/2C3H7NO4S.2K/c2*4-3(5)1-2-9(6,7)8;;/h2*1-2H2,(H2,4,5)(H,6,7,8);;/q;;2*+1/p-2. The van der Waals surface area contributed by atoms with E-state index in [1.807, 2.05) is 0 Å². The SMILES string of the molecule is NC(=O)CCS(=O)(=O)[O-].NC(=O)CCS(=O)(=O)[O-].[K+].[K+]. The van der Waals surface area contributed by atoms with Gasteiger partial charge >= 0.3 is 103 Å². The van der Waals surface area contributed by atoms with Crippen molar-refractivity contribution in [3.05, 3.63) is 0 Å². The third kappa shape index (κ3) is 36.9. The number of primary amides is 2. The molecule has 0 aromatic heterocycles. The molecule has 0 radical (unpaired) electrons. The second-order valence-electron chi connectivity index (χ2n) is 2.96. The molecule has 0 fully saturated rings. The van der Waals surface area contributed by atoms with Gasteiger partial charge in [-0.2, -0.15) is 0 Å². The summed E-state index contributed by atoms with van der Waals surface area (Å²) in [6.07, 6.45) is -0.794. The van der Waals surface area contributed by atoms with Crippen LogP contribution in [0.15, 0.2) is 0 Å². The van der Waals surface area contributed by atoms with Crippen LogP contribution in [-0.2, 0) is 29.8 Å². The summed E-state index contributed by atoms with van der Waals surface area (Å²) in [5, 5.41) is 0. The maximum atomic E-state index is 9.86. The van der Waals surface area contributed by atoms with Gasteiger partial charge < -0.3 is 20.6 Å². The van der Waals surface area contributed by atoms with E-state index in [0.29, 0.717) is 0 Å². The molecule has 0 heterocycles. The van der Waals surface area contributed by atoms with Gasteiger partial charge in [-0.15, -0.1) is 0 Å². The summed E-state index contributed by atoms with van der Waals surface area (Å²) in [5.74, 6) is -2.98. The topological polar surface area (TPSA) is 201 Å². The minimum atomic E-state index is -4.27. The Morgan fingerprint density at radius 1 is 0.750 bits per heavy atom. The summed E-state index contributed by atoms with van der Waals surface area (Å²) in [7, 11) is -8.54. The Morgan fingerprint density at radius 2 is 0.950 bits per heavy atom. The van der Waals surface area contributed by atoms with Crippen molar-refractivity contribution >= 4 is 32.1 Å². The van der Waals surface area contributed by atoms with E-state index in [0.717, 1.165) is 0 Å². The summed E-state index contributed by atoms with van der Waals surface area (Å²) in [5.41, 5.74) is 9.11. The molecule has 0 aliphatic heterocycles. The van der Waals surface area contributed by atoms with E-state index in [1.54, 1.807) is 0 Å². The zero-order valence-corrected chi connectivity index (χ0v) is 18.9. The fraction of sp³-hybridized carbons (Fsp3) is 0.667. The van der Waals surface area contributed by atoms with Crippen LogP contribution in [0.1, 0.15) is 12.8 Å². The van der Waals surface area contributed by atoms with Crippen molar-refractivity contribution in [1.82, 2.24) is 0 Å². The summed E-state index contributed by atoms with van der Waals surface area (Å²) in [6, 6.07) is 0. The first-order valence-electron chi connectivity index (χ1n) is 4.27. The van der Waals surface area contributed by atoms with E-state index < -0.39 is 56.4 Å². The van der Waals surface area contributed by atoms with Gasteiger partial charge in [-0.05, 0) is 0 Å². The molecular formula is C6H12K2N2O8S2. The van der Waals surface area contributed by atoms with Crippen LogP contribution >= 0.6 is 0 Å². The molecule has 10 nitrogen and oxygen atoms in total. The summed E-state index contributed by atoms with van der Waals surface area (Å²) >= 11 is 0. The van der Waals surface area contributed by atoms with Crippen LogP contribution in [0, 0.1) is 0 Å². The maximum absolute atomic E-state index is 9.86. The number of rotatable bonds is 6. The van der Waals surface area contributed by atoms with Gasteiger partial charge in [0.05, 0.1) is 20.2 Å². The van der Waals surface area contributed by atoms with Crippen molar-refractivity contribution in [2.75, 3.05) is 11.5 Å². The van der Waals surface area contributed by atoms with E-state index >= 15 is 0 Å². The molecule has 0 saturated heterocycles. The van der Waals surface area contributed by atoms with Gasteiger partial charge in [0.1, 0.15) is 0 Å². The number of amides is 2. The number of carbonyl (C=O) groups is 2. The first kappa shape index (κ1) is 30.0. The Balaban J connectivity index is -0.000000116. The molecule has 0 atom stereocenters. The van der Waals surface area contributed by atoms with E-state index in [2.05, 4.69) is 11.5 Å². The van der Waals surface area contributed by atoms with Crippen LogP contribution in [0.5, 0.6) is 0 Å². The molecule has 4 N–H and O–H groups in total. The van der Waals surface area contributed by atoms with Gasteiger partial charge in [0.25, 0.3) is 0 Å². The largest absolute Gasteiger partial charge is 1.00 e. The molecule has 108 valence electrons. The average molecular weight is 382 g/mol. The fourth-order valence-electron chi connectivity index (χ4n) is 0.451. The maximum Gasteiger partial charge on any atom is 1.00 e. The number of hydrogen-bond acceptors (Lipinski definition) is 8. The molecule has 0 saturated carbocycles. The Morgan fingerprint density at radius 3 is 1.00 bits per heavy atom. The Kier molecular flexibility index (Phi) is 21.9. The molecule has 20 heavy (non-hydrogen) atoms. The fourth-order valence-corrected chi connectivity index (χ4v) is 1.35. The number of hydrogen-bond donors (Lipinski definition) is 2. The third-order valence-electron chi connectivity index (χ3n) is 1.20. The predicted molar refractivity (Wildman–Crippen MR) is 56.8 cm³/mol. The molecule has 0 aliphatic carbocycles. The second kappa shape index (κ2) is 14.6. The smallest absolute Gasteiger partial charge is 0.748 e. The summed E-state index contributed by atoms with van der Waals surface area (Å²) in [4.78, 5) is 19.7. The molecule has 0 aliphatic rings. The molecule has 0 rings (SSSR count). The van der Waals surface area contributed by atoms with E-state index in [1.165, 1.54) is 0 Å². The normalized spacial score (nSPS) is 10.1. The molecule has 2 amide bonds. The average Bonchev–Trinajstić information content (AvgIpc) is 2.10. The molecule has 0 bridgehead atoms. The van der Waals surface area contributed by atoms with Gasteiger partial charge in [0, 0.05) is 24.3 Å². The zero-order chi connectivity index (χ0) is 15.0. The van der Waals surface area contributed by atoms with E-state index in [4.69, 9.17) is 0 Å². The summed E-state index contributed by atoms with van der Waals surface area (Å²) in [6.45, 7) is 0. The molecular weight excluding hydrogens is 370 g/mol. The van der Waals surface area contributed by atoms with Crippen molar-refractivity contribution in [3.63, 3.8) is 0 Å². The van der Waals surface area contributed by atoms with Crippen LogP contribution in [0.4, 0.5) is 0 Å². The number of nitrogens with two attached hydrogens (primary N) is 2. The third-order valence-corrected chi connectivity index (χ3v) is 2.61. The minimum absolute atomic E-state index is 0. The summed E-state index contributed by atoms with van der Waals surface area (Å²) < 4.78 is 58.6. The Hall–Kier alpha value is 2.03. The zero-order valence-electron chi connectivity index (χ0n) is 11.1. The van der Waals surface area contributed by atoms with E-state index in [-0.39, 0.29) is 103 Å². The monoisotopic (exact) mass is 382 g/mol. The van der Waals surface area contributed by atoms with Crippen molar-refractivity contribution in [3.8, 4) is 0 Å². The molecule has 0 aromatic carbocycles. The quantitative estimate of drug-likeness (QED) is 0.333. The Bertz CT molecular complexity index is 443. The van der Waals surface area contributed by atoms with Gasteiger partial charge in [0.2, 0.25) is 11.8 Å². The number of carbonyl (C=O) groups excluding carboxylic acids is 2. The van der Waals surface area contributed by atoms with Crippen molar-refractivity contribution < 1.29 is 138 Å². The molecule has 0 aromatic rings. The van der Waals surface area contributed by atoms with Crippen LogP contribution in [-0.4, -0.2) is 49.3 Å². The van der Waals surface area contributed by atoms with Crippen molar-refractivity contribution in [2.45, 2.75) is 12.8 Å². The molecule has 14 heteroatoms. The molecule has 0 spiro atoms. The second-order valence-corrected chi connectivity index (χ2v) is 6.00. The van der Waals surface area contributed by atoms with Gasteiger partial charge in [-0.1, -0.05) is 0 Å². The van der Waals surface area contributed by atoms with Crippen molar-refractivity contribution in [1.29, 1.82) is 0 Å². The minimum Gasteiger partial charge on any atom is -0.748 e. The van der Waals surface area contributed by atoms with Crippen LogP contribution in [0.2, 0.25) is 0 Å². The predicted octanol–water partition coefficient (Wildman–Crippen LogP) is -9.18. The van der Waals surface area contributed by atoms with Crippen LogP contribution < -0.4 is 114 Å². The van der Waals surface area contributed by atoms with E-state index in [9.17, 15) is 35.5 Å².